The Hall–Kier alpha value is -2.58. The van der Waals surface area contributed by atoms with E-state index in [0.29, 0.717) is 11.1 Å². The van der Waals surface area contributed by atoms with Crippen LogP contribution in [0.2, 0.25) is 0 Å². The molecule has 0 spiro atoms. The maximum Gasteiger partial charge on any atom is 0.322 e. The first-order valence-corrected chi connectivity index (χ1v) is 8.31. The number of cyclic esters (lactones) is 1. The van der Waals surface area contributed by atoms with Crippen LogP contribution in [-0.2, 0) is 19.6 Å². The average molecular weight is 351 g/mol. The standard InChI is InChI=1S/C16H11F2NO4S/c17-13-6-3-10(7-14(13)18)15-12(8-23-16(15)20)9-1-4-11(5-2-9)24(19,21)22/h1-8,15H,(H2,19,21,22). The number of nitrogens with two attached hydrogens (primary N) is 1. The van der Waals surface area contributed by atoms with E-state index < -0.39 is 33.5 Å². The zero-order valence-corrected chi connectivity index (χ0v) is 12.9. The number of sulfonamides is 1. The van der Waals surface area contributed by atoms with Gasteiger partial charge in [-0.15, -0.1) is 0 Å². The lowest BCUT2D eigenvalue weighted by atomic mass is 9.88. The molecule has 2 aromatic rings. The van der Waals surface area contributed by atoms with Gasteiger partial charge in [0.2, 0.25) is 10.0 Å². The van der Waals surface area contributed by atoms with Gasteiger partial charge in [0.05, 0.1) is 11.2 Å². The Morgan fingerprint density at radius 1 is 1.00 bits per heavy atom. The number of carbonyl (C=O) groups is 1. The van der Waals surface area contributed by atoms with Crippen molar-refractivity contribution >= 4 is 21.6 Å². The van der Waals surface area contributed by atoms with Crippen molar-refractivity contribution in [1.29, 1.82) is 0 Å². The first-order valence-electron chi connectivity index (χ1n) is 6.76. The summed E-state index contributed by atoms with van der Waals surface area (Å²) in [4.78, 5) is 11.9. The molecule has 8 heteroatoms. The van der Waals surface area contributed by atoms with Crippen molar-refractivity contribution in [3.05, 3.63) is 71.5 Å². The molecule has 0 aromatic heterocycles. The summed E-state index contributed by atoms with van der Waals surface area (Å²) in [5.41, 5.74) is 1.15. The van der Waals surface area contributed by atoms with Crippen LogP contribution in [0.1, 0.15) is 17.0 Å². The molecule has 1 aliphatic rings. The number of carbonyl (C=O) groups excluding carboxylic acids is 1. The Morgan fingerprint density at radius 3 is 2.25 bits per heavy atom. The monoisotopic (exact) mass is 351 g/mol. The normalized spacial score (nSPS) is 17.5. The molecule has 0 fully saturated rings. The zero-order valence-electron chi connectivity index (χ0n) is 12.1. The minimum absolute atomic E-state index is 0.0820. The molecule has 1 aliphatic heterocycles. The average Bonchev–Trinajstić information content (AvgIpc) is 2.91. The fourth-order valence-corrected chi connectivity index (χ4v) is 2.98. The third-order valence-corrected chi connectivity index (χ3v) is 4.57. The second-order valence-electron chi connectivity index (χ2n) is 5.19. The van der Waals surface area contributed by atoms with Gasteiger partial charge < -0.3 is 4.74 Å². The second-order valence-corrected chi connectivity index (χ2v) is 6.75. The molecule has 1 heterocycles. The molecule has 1 atom stereocenters. The van der Waals surface area contributed by atoms with E-state index in [1.807, 2.05) is 0 Å². The summed E-state index contributed by atoms with van der Waals surface area (Å²) in [5, 5.41) is 5.03. The van der Waals surface area contributed by atoms with Gasteiger partial charge in [-0.25, -0.2) is 22.3 Å². The van der Waals surface area contributed by atoms with Gasteiger partial charge in [-0.3, -0.25) is 4.79 Å². The van der Waals surface area contributed by atoms with Crippen LogP contribution in [0.4, 0.5) is 8.78 Å². The number of hydrogen-bond acceptors (Lipinski definition) is 4. The van der Waals surface area contributed by atoms with Crippen LogP contribution in [0.15, 0.2) is 53.6 Å². The largest absolute Gasteiger partial charge is 0.433 e. The molecule has 124 valence electrons. The van der Waals surface area contributed by atoms with Gasteiger partial charge in [-0.05, 0) is 35.4 Å². The molecule has 0 aliphatic carbocycles. The summed E-state index contributed by atoms with van der Waals surface area (Å²) < 4.78 is 54.0. The Bertz CT molecular complexity index is 953. The van der Waals surface area contributed by atoms with Crippen molar-refractivity contribution in [2.75, 3.05) is 0 Å². The first kappa shape index (κ1) is 16.3. The predicted octanol–water partition coefficient (Wildman–Crippen LogP) is 2.29. The van der Waals surface area contributed by atoms with Crippen molar-refractivity contribution < 1.29 is 26.7 Å². The third kappa shape index (κ3) is 2.93. The second kappa shape index (κ2) is 5.81. The van der Waals surface area contributed by atoms with Crippen molar-refractivity contribution in [3.8, 4) is 0 Å². The zero-order chi connectivity index (χ0) is 17.5. The number of hydrogen-bond donors (Lipinski definition) is 1. The van der Waals surface area contributed by atoms with E-state index in [1.165, 1.54) is 36.6 Å². The highest BCUT2D eigenvalue weighted by Crippen LogP contribution is 2.38. The number of ether oxygens (including phenoxy) is 1. The van der Waals surface area contributed by atoms with Crippen LogP contribution in [0.3, 0.4) is 0 Å². The number of benzene rings is 2. The molecule has 0 saturated carbocycles. The summed E-state index contributed by atoms with van der Waals surface area (Å²) >= 11 is 0. The molecule has 0 amide bonds. The van der Waals surface area contributed by atoms with Crippen LogP contribution in [0, 0.1) is 11.6 Å². The number of rotatable bonds is 3. The molecule has 0 radical (unpaired) electrons. The maximum atomic E-state index is 13.4. The number of halogens is 2. The van der Waals surface area contributed by atoms with E-state index in [9.17, 15) is 22.0 Å². The highest BCUT2D eigenvalue weighted by atomic mass is 32.2. The van der Waals surface area contributed by atoms with Gasteiger partial charge in [-0.1, -0.05) is 18.2 Å². The molecular formula is C16H11F2NO4S. The minimum atomic E-state index is -3.84. The third-order valence-electron chi connectivity index (χ3n) is 3.64. The minimum Gasteiger partial charge on any atom is -0.433 e. The Morgan fingerprint density at radius 2 is 1.67 bits per heavy atom. The van der Waals surface area contributed by atoms with Gasteiger partial charge in [0.1, 0.15) is 5.92 Å². The van der Waals surface area contributed by atoms with Crippen molar-refractivity contribution in [2.45, 2.75) is 10.8 Å². The van der Waals surface area contributed by atoms with E-state index in [1.54, 1.807) is 0 Å². The quantitative estimate of drug-likeness (QED) is 0.860. The molecule has 0 saturated heterocycles. The Labute approximate surface area is 136 Å². The summed E-state index contributed by atoms with van der Waals surface area (Å²) in [6.07, 6.45) is 1.21. The van der Waals surface area contributed by atoms with E-state index in [0.717, 1.165) is 12.1 Å². The molecule has 0 bridgehead atoms. The van der Waals surface area contributed by atoms with Crippen molar-refractivity contribution in [2.24, 2.45) is 5.14 Å². The molecule has 2 N–H and O–H groups in total. The van der Waals surface area contributed by atoms with Gasteiger partial charge in [0.15, 0.2) is 11.6 Å². The fourth-order valence-electron chi connectivity index (χ4n) is 2.46. The van der Waals surface area contributed by atoms with Gasteiger partial charge in [0.25, 0.3) is 0 Å². The van der Waals surface area contributed by atoms with Crippen LogP contribution in [0.5, 0.6) is 0 Å². The summed E-state index contributed by atoms with van der Waals surface area (Å²) in [6, 6.07) is 8.65. The van der Waals surface area contributed by atoms with E-state index >= 15 is 0 Å². The van der Waals surface area contributed by atoms with E-state index in [2.05, 4.69) is 0 Å². The van der Waals surface area contributed by atoms with Crippen LogP contribution in [0.25, 0.3) is 5.57 Å². The van der Waals surface area contributed by atoms with Gasteiger partial charge >= 0.3 is 5.97 Å². The van der Waals surface area contributed by atoms with Gasteiger partial charge in [-0.2, -0.15) is 0 Å². The van der Waals surface area contributed by atoms with Crippen molar-refractivity contribution in [3.63, 3.8) is 0 Å². The smallest absolute Gasteiger partial charge is 0.322 e. The fraction of sp³-hybridized carbons (Fsp3) is 0.0625. The summed E-state index contributed by atoms with van der Waals surface area (Å²) in [6.45, 7) is 0. The molecule has 2 aromatic carbocycles. The molecule has 24 heavy (non-hydrogen) atoms. The van der Waals surface area contributed by atoms with Crippen molar-refractivity contribution in [1.82, 2.24) is 0 Å². The van der Waals surface area contributed by atoms with Crippen LogP contribution >= 0.6 is 0 Å². The first-order chi connectivity index (χ1) is 11.3. The summed E-state index contributed by atoms with van der Waals surface area (Å²) in [7, 11) is -3.84. The highest BCUT2D eigenvalue weighted by Gasteiger charge is 2.33. The Kier molecular flexibility index (Phi) is 3.94. The molecule has 5 nitrogen and oxygen atoms in total. The topological polar surface area (TPSA) is 86.5 Å². The predicted molar refractivity (Wildman–Crippen MR) is 81.0 cm³/mol. The number of primary sulfonamides is 1. The van der Waals surface area contributed by atoms with E-state index in [4.69, 9.17) is 9.88 Å². The van der Waals surface area contributed by atoms with Crippen LogP contribution in [-0.4, -0.2) is 14.4 Å². The maximum absolute atomic E-state index is 13.4. The molecule has 3 rings (SSSR count). The van der Waals surface area contributed by atoms with E-state index in [-0.39, 0.29) is 10.5 Å². The lowest BCUT2D eigenvalue weighted by Gasteiger charge is -2.12. The summed E-state index contributed by atoms with van der Waals surface area (Å²) in [5.74, 6) is -3.66. The lowest BCUT2D eigenvalue weighted by molar-refractivity contribution is -0.136. The lowest BCUT2D eigenvalue weighted by Crippen LogP contribution is -2.12. The molecular weight excluding hydrogens is 340 g/mol. The Balaban J connectivity index is 2.00. The molecule has 1 unspecified atom stereocenters. The SMILES string of the molecule is NS(=O)(=O)c1ccc(C2=COC(=O)C2c2ccc(F)c(F)c2)cc1. The highest BCUT2D eigenvalue weighted by molar-refractivity contribution is 7.89. The van der Waals surface area contributed by atoms with Gasteiger partial charge in [0, 0.05) is 5.57 Å². The number of esters is 1. The van der Waals surface area contributed by atoms with Crippen LogP contribution < -0.4 is 5.14 Å².